The molecule has 0 aliphatic carbocycles. The van der Waals surface area contributed by atoms with Gasteiger partial charge in [-0.05, 0) is 18.4 Å². The van der Waals surface area contributed by atoms with E-state index >= 15 is 0 Å². The highest BCUT2D eigenvalue weighted by molar-refractivity contribution is 5.52. The summed E-state index contributed by atoms with van der Waals surface area (Å²) in [6.45, 7) is 3.19. The predicted molar refractivity (Wildman–Crippen MR) is 78.0 cm³/mol. The van der Waals surface area contributed by atoms with Gasteiger partial charge in [0.2, 0.25) is 0 Å². The van der Waals surface area contributed by atoms with E-state index in [1.165, 1.54) is 11.1 Å². The van der Waals surface area contributed by atoms with Gasteiger partial charge < -0.3 is 14.7 Å². The lowest BCUT2D eigenvalue weighted by Gasteiger charge is -2.29. The Morgan fingerprint density at radius 2 is 1.95 bits per heavy atom. The summed E-state index contributed by atoms with van der Waals surface area (Å²) in [5.41, 5.74) is 2.79. The van der Waals surface area contributed by atoms with Crippen molar-refractivity contribution >= 4 is 6.08 Å². The molecular weight excluding hydrogens is 238 g/mol. The van der Waals surface area contributed by atoms with Crippen molar-refractivity contribution < 1.29 is 9.84 Å². The third-order valence-corrected chi connectivity index (χ3v) is 3.50. The lowest BCUT2D eigenvalue weighted by Crippen LogP contribution is -2.38. The van der Waals surface area contributed by atoms with Gasteiger partial charge in [-0.15, -0.1) is 0 Å². The molecule has 2 rings (SSSR count). The fraction of sp³-hybridized carbons (Fsp3) is 0.500. The molecule has 1 heterocycles. The van der Waals surface area contributed by atoms with Gasteiger partial charge in [0.05, 0.1) is 12.7 Å². The standard InChI is InChI=1S/C16H23NO2/c1-19-13-16(18)12-17-9-7-15(8-10-17)11-14-5-3-2-4-6-14/h2-6,11,16,18H,7-10,12-13H2,1H3/t16-/m1/s1. The highest BCUT2D eigenvalue weighted by Crippen LogP contribution is 2.19. The molecule has 0 bridgehead atoms. The number of hydrogen-bond acceptors (Lipinski definition) is 3. The summed E-state index contributed by atoms with van der Waals surface area (Å²) in [6.07, 6.45) is 4.11. The van der Waals surface area contributed by atoms with Gasteiger partial charge in [-0.25, -0.2) is 0 Å². The van der Waals surface area contributed by atoms with Gasteiger partial charge in [0.25, 0.3) is 0 Å². The molecule has 1 aromatic carbocycles. The first-order valence-corrected chi connectivity index (χ1v) is 6.92. The van der Waals surface area contributed by atoms with Crippen LogP contribution in [0.5, 0.6) is 0 Å². The van der Waals surface area contributed by atoms with E-state index in [4.69, 9.17) is 4.74 Å². The lowest BCUT2D eigenvalue weighted by atomic mass is 10.0. The van der Waals surface area contributed by atoms with Crippen LogP contribution in [0.1, 0.15) is 18.4 Å². The van der Waals surface area contributed by atoms with Crippen LogP contribution in [0.4, 0.5) is 0 Å². The smallest absolute Gasteiger partial charge is 0.0900 e. The van der Waals surface area contributed by atoms with Gasteiger partial charge in [-0.2, -0.15) is 0 Å². The van der Waals surface area contributed by atoms with Gasteiger partial charge in [-0.1, -0.05) is 42.0 Å². The molecule has 3 heteroatoms. The quantitative estimate of drug-likeness (QED) is 0.882. The highest BCUT2D eigenvalue weighted by Gasteiger charge is 2.16. The van der Waals surface area contributed by atoms with E-state index in [1.54, 1.807) is 7.11 Å². The maximum absolute atomic E-state index is 9.72. The molecule has 19 heavy (non-hydrogen) atoms. The molecule has 104 valence electrons. The van der Waals surface area contributed by atoms with Crippen LogP contribution in [0, 0.1) is 0 Å². The fourth-order valence-corrected chi connectivity index (χ4v) is 2.50. The third kappa shape index (κ3) is 4.78. The number of aliphatic hydroxyl groups excluding tert-OH is 1. The zero-order chi connectivity index (χ0) is 13.5. The molecule has 0 radical (unpaired) electrons. The van der Waals surface area contributed by atoms with E-state index < -0.39 is 0 Å². The lowest BCUT2D eigenvalue weighted by molar-refractivity contribution is 0.0360. The first-order valence-electron chi connectivity index (χ1n) is 6.92. The van der Waals surface area contributed by atoms with Gasteiger partial charge in [-0.3, -0.25) is 0 Å². The molecule has 1 N–H and O–H groups in total. The molecule has 0 amide bonds. The maximum atomic E-state index is 9.72. The number of rotatable bonds is 5. The van der Waals surface area contributed by atoms with Crippen molar-refractivity contribution in [3.8, 4) is 0 Å². The Hall–Kier alpha value is -1.16. The van der Waals surface area contributed by atoms with Gasteiger partial charge in [0.15, 0.2) is 0 Å². The fourth-order valence-electron chi connectivity index (χ4n) is 2.50. The predicted octanol–water partition coefficient (Wildman–Crippen LogP) is 2.17. The van der Waals surface area contributed by atoms with Crippen molar-refractivity contribution in [1.82, 2.24) is 4.90 Å². The summed E-state index contributed by atoms with van der Waals surface area (Å²) < 4.78 is 4.96. The summed E-state index contributed by atoms with van der Waals surface area (Å²) in [5, 5.41) is 9.72. The van der Waals surface area contributed by atoms with Crippen LogP contribution in [0.25, 0.3) is 6.08 Å². The number of piperidine rings is 1. The van der Waals surface area contributed by atoms with E-state index in [9.17, 15) is 5.11 Å². The number of likely N-dealkylation sites (tertiary alicyclic amines) is 1. The number of ether oxygens (including phenoxy) is 1. The zero-order valence-electron chi connectivity index (χ0n) is 11.6. The summed E-state index contributed by atoms with van der Waals surface area (Å²) in [6, 6.07) is 10.5. The van der Waals surface area contributed by atoms with Crippen molar-refractivity contribution in [2.45, 2.75) is 18.9 Å². The van der Waals surface area contributed by atoms with Crippen LogP contribution in [0.2, 0.25) is 0 Å². The molecule has 3 nitrogen and oxygen atoms in total. The van der Waals surface area contributed by atoms with Crippen molar-refractivity contribution in [2.24, 2.45) is 0 Å². The van der Waals surface area contributed by atoms with Gasteiger partial charge >= 0.3 is 0 Å². The van der Waals surface area contributed by atoms with Crippen molar-refractivity contribution in [3.63, 3.8) is 0 Å². The number of methoxy groups -OCH3 is 1. The maximum Gasteiger partial charge on any atom is 0.0900 e. The molecule has 1 fully saturated rings. The molecule has 1 saturated heterocycles. The molecule has 1 aromatic rings. The number of hydrogen-bond donors (Lipinski definition) is 1. The molecule has 0 saturated carbocycles. The second-order valence-electron chi connectivity index (χ2n) is 5.12. The Morgan fingerprint density at radius 3 is 2.58 bits per heavy atom. The Labute approximate surface area is 115 Å². The average Bonchev–Trinajstić information content (AvgIpc) is 2.42. The van der Waals surface area contributed by atoms with Crippen LogP contribution < -0.4 is 0 Å². The van der Waals surface area contributed by atoms with Gasteiger partial charge in [0.1, 0.15) is 0 Å². The Kier molecular flexibility index (Phi) is 5.58. The van der Waals surface area contributed by atoms with Crippen LogP contribution >= 0.6 is 0 Å². The highest BCUT2D eigenvalue weighted by atomic mass is 16.5. The number of nitrogens with zero attached hydrogens (tertiary/aromatic N) is 1. The Morgan fingerprint density at radius 1 is 1.26 bits per heavy atom. The average molecular weight is 261 g/mol. The molecule has 0 unspecified atom stereocenters. The second kappa shape index (κ2) is 7.43. The molecule has 1 atom stereocenters. The van der Waals surface area contributed by atoms with Gasteiger partial charge in [0, 0.05) is 26.7 Å². The Bertz CT molecular complexity index is 392. The summed E-state index contributed by atoms with van der Waals surface area (Å²) in [7, 11) is 1.63. The van der Waals surface area contributed by atoms with Crippen molar-refractivity contribution in [3.05, 3.63) is 41.5 Å². The van der Waals surface area contributed by atoms with E-state index in [0.29, 0.717) is 13.2 Å². The first kappa shape index (κ1) is 14.3. The monoisotopic (exact) mass is 261 g/mol. The van der Waals surface area contributed by atoms with Crippen LogP contribution in [-0.4, -0.2) is 49.5 Å². The largest absolute Gasteiger partial charge is 0.389 e. The molecule has 0 spiro atoms. The van der Waals surface area contributed by atoms with E-state index in [1.807, 2.05) is 6.07 Å². The molecular formula is C16H23NO2. The zero-order valence-corrected chi connectivity index (χ0v) is 11.6. The molecule has 0 aromatic heterocycles. The second-order valence-corrected chi connectivity index (χ2v) is 5.12. The number of benzene rings is 1. The van der Waals surface area contributed by atoms with Crippen LogP contribution in [-0.2, 0) is 4.74 Å². The van der Waals surface area contributed by atoms with E-state index in [-0.39, 0.29) is 6.10 Å². The van der Waals surface area contributed by atoms with Crippen molar-refractivity contribution in [1.29, 1.82) is 0 Å². The number of β-amino-alcohol motifs (C(OH)–C–C–N with tert-alkyl or cyclic N) is 1. The summed E-state index contributed by atoms with van der Waals surface area (Å²) >= 11 is 0. The molecule has 1 aliphatic rings. The van der Waals surface area contributed by atoms with E-state index in [2.05, 4.69) is 35.2 Å². The third-order valence-electron chi connectivity index (χ3n) is 3.50. The topological polar surface area (TPSA) is 32.7 Å². The number of aliphatic hydroxyl groups is 1. The van der Waals surface area contributed by atoms with E-state index in [0.717, 1.165) is 25.9 Å². The normalized spacial score (nSPS) is 18.3. The minimum atomic E-state index is -0.371. The van der Waals surface area contributed by atoms with Crippen molar-refractivity contribution in [2.75, 3.05) is 33.4 Å². The Balaban J connectivity index is 1.81. The summed E-state index contributed by atoms with van der Waals surface area (Å²) in [4.78, 5) is 2.31. The first-order chi connectivity index (χ1) is 9.28. The van der Waals surface area contributed by atoms with Crippen LogP contribution in [0.15, 0.2) is 35.9 Å². The summed E-state index contributed by atoms with van der Waals surface area (Å²) in [5.74, 6) is 0. The minimum absolute atomic E-state index is 0.371. The molecule has 1 aliphatic heterocycles. The minimum Gasteiger partial charge on any atom is -0.389 e. The SMILES string of the molecule is COC[C@H](O)CN1CCC(=Cc2ccccc2)CC1. The van der Waals surface area contributed by atoms with Crippen LogP contribution in [0.3, 0.4) is 0 Å².